The van der Waals surface area contributed by atoms with E-state index in [1.54, 1.807) is 27.0 Å². The van der Waals surface area contributed by atoms with E-state index in [-0.39, 0.29) is 11.9 Å². The number of hydrogen-bond donors (Lipinski definition) is 2. The van der Waals surface area contributed by atoms with Crippen molar-refractivity contribution in [3.63, 3.8) is 0 Å². The first-order valence-corrected chi connectivity index (χ1v) is 14.2. The van der Waals surface area contributed by atoms with Gasteiger partial charge < -0.3 is 25.2 Å². The number of rotatable bonds is 6. The largest absolute Gasteiger partial charge is 0.495 e. The lowest BCUT2D eigenvalue weighted by atomic mass is 9.90. The maximum atomic E-state index is 13.0. The number of carbonyl (C=O) groups is 1. The number of nitrogens with two attached hydrogens (primary N) is 1. The summed E-state index contributed by atoms with van der Waals surface area (Å²) in [4.78, 5) is 26.9. The first kappa shape index (κ1) is 27.2. The van der Waals surface area contributed by atoms with Gasteiger partial charge in [-0.05, 0) is 58.7 Å². The van der Waals surface area contributed by atoms with Crippen LogP contribution in [0.15, 0.2) is 29.0 Å². The SMILES string of the molecule is COc1cc(-c2nn(C3CCC(N4CCN(C)CC4)CC3)c3ncnc(N)c23)ccc1NC(=O)c1c(C)noc1C. The molecule has 12 nitrogen and oxygen atoms in total. The fourth-order valence-corrected chi connectivity index (χ4v) is 6.24. The van der Waals surface area contributed by atoms with Crippen LogP contribution in [0, 0.1) is 13.8 Å². The Balaban J connectivity index is 1.27. The molecular formula is C29H37N9O3. The summed E-state index contributed by atoms with van der Waals surface area (Å²) in [5.41, 5.74) is 10.1. The zero-order chi connectivity index (χ0) is 28.7. The van der Waals surface area contributed by atoms with Crippen molar-refractivity contribution < 1.29 is 14.1 Å². The summed E-state index contributed by atoms with van der Waals surface area (Å²) in [5.74, 6) is 1.03. The van der Waals surface area contributed by atoms with Crippen molar-refractivity contribution in [2.24, 2.45) is 0 Å². The number of carbonyl (C=O) groups excluding carboxylic acids is 1. The van der Waals surface area contributed by atoms with E-state index in [1.165, 1.54) is 6.33 Å². The van der Waals surface area contributed by atoms with Gasteiger partial charge in [0.15, 0.2) is 5.65 Å². The molecule has 4 heterocycles. The monoisotopic (exact) mass is 559 g/mol. The second kappa shape index (κ2) is 11.1. The summed E-state index contributed by atoms with van der Waals surface area (Å²) in [6.07, 6.45) is 5.85. The standard InChI is InChI=1S/C29H37N9O3/c1-17-24(18(2)41-35-17)29(39)33-22-10-5-19(15-23(22)40-4)26-25-27(30)31-16-32-28(25)38(34-26)21-8-6-20(7-9-21)37-13-11-36(3)12-14-37/h5,10,15-16,20-21H,6-9,11-14H2,1-4H3,(H,33,39)(H2,30,31,32). The molecule has 1 aliphatic carbocycles. The molecule has 2 fully saturated rings. The van der Waals surface area contributed by atoms with Crippen LogP contribution < -0.4 is 15.8 Å². The molecule has 0 unspecified atom stereocenters. The summed E-state index contributed by atoms with van der Waals surface area (Å²) in [7, 11) is 3.76. The maximum absolute atomic E-state index is 13.0. The molecule has 1 saturated heterocycles. The summed E-state index contributed by atoms with van der Waals surface area (Å²) in [6, 6.07) is 6.41. The van der Waals surface area contributed by atoms with Gasteiger partial charge in [-0.3, -0.25) is 9.69 Å². The van der Waals surface area contributed by atoms with Crippen molar-refractivity contribution in [1.29, 1.82) is 0 Å². The number of benzene rings is 1. The zero-order valence-electron chi connectivity index (χ0n) is 24.1. The number of aryl methyl sites for hydroxylation is 2. The maximum Gasteiger partial charge on any atom is 0.261 e. The van der Waals surface area contributed by atoms with Gasteiger partial charge in [0.05, 0.1) is 29.9 Å². The summed E-state index contributed by atoms with van der Waals surface area (Å²) < 4.78 is 12.9. The molecule has 1 amide bonds. The van der Waals surface area contributed by atoms with Crippen LogP contribution in [0.5, 0.6) is 5.75 Å². The van der Waals surface area contributed by atoms with E-state index in [0.717, 1.165) is 68.5 Å². The minimum Gasteiger partial charge on any atom is -0.495 e. The molecule has 41 heavy (non-hydrogen) atoms. The Morgan fingerprint density at radius 2 is 1.80 bits per heavy atom. The van der Waals surface area contributed by atoms with Crippen molar-refractivity contribution in [2.45, 2.75) is 51.6 Å². The van der Waals surface area contributed by atoms with E-state index in [1.807, 2.05) is 16.8 Å². The Morgan fingerprint density at radius 3 is 2.49 bits per heavy atom. The van der Waals surface area contributed by atoms with Gasteiger partial charge in [0.25, 0.3) is 5.91 Å². The Morgan fingerprint density at radius 1 is 1.07 bits per heavy atom. The topological polar surface area (TPSA) is 140 Å². The molecule has 1 saturated carbocycles. The number of nitrogens with zero attached hydrogens (tertiary/aromatic N) is 7. The highest BCUT2D eigenvalue weighted by Gasteiger charge is 2.31. The van der Waals surface area contributed by atoms with Crippen LogP contribution in [-0.2, 0) is 0 Å². The van der Waals surface area contributed by atoms with Crippen LogP contribution in [0.25, 0.3) is 22.3 Å². The quantitative estimate of drug-likeness (QED) is 0.359. The molecule has 4 aromatic rings. The van der Waals surface area contributed by atoms with Crippen molar-refractivity contribution in [1.82, 2.24) is 34.7 Å². The van der Waals surface area contributed by atoms with Crippen molar-refractivity contribution in [2.75, 3.05) is 51.4 Å². The lowest BCUT2D eigenvalue weighted by Gasteiger charge is -2.41. The lowest BCUT2D eigenvalue weighted by molar-refractivity contribution is 0.0815. The van der Waals surface area contributed by atoms with Gasteiger partial charge in [0.1, 0.15) is 34.9 Å². The molecule has 2 aliphatic rings. The zero-order valence-corrected chi connectivity index (χ0v) is 24.1. The van der Waals surface area contributed by atoms with E-state index in [9.17, 15) is 4.79 Å². The summed E-state index contributed by atoms with van der Waals surface area (Å²) in [6.45, 7) is 7.99. The first-order chi connectivity index (χ1) is 19.8. The van der Waals surface area contributed by atoms with E-state index in [0.29, 0.717) is 46.0 Å². The molecule has 3 aromatic heterocycles. The molecule has 6 rings (SSSR count). The second-order valence-corrected chi connectivity index (χ2v) is 11.1. The minimum absolute atomic E-state index is 0.236. The number of aromatic nitrogens is 5. The van der Waals surface area contributed by atoms with E-state index < -0.39 is 0 Å². The highest BCUT2D eigenvalue weighted by Crippen LogP contribution is 2.39. The summed E-state index contributed by atoms with van der Waals surface area (Å²) in [5, 5.41) is 12.6. The number of methoxy groups -OCH3 is 1. The fraction of sp³-hybridized carbons (Fsp3) is 0.483. The van der Waals surface area contributed by atoms with Gasteiger partial charge in [0.2, 0.25) is 0 Å². The molecule has 0 atom stereocenters. The molecule has 1 aromatic carbocycles. The highest BCUT2D eigenvalue weighted by molar-refractivity contribution is 6.06. The van der Waals surface area contributed by atoms with E-state index >= 15 is 0 Å². The first-order valence-electron chi connectivity index (χ1n) is 14.2. The van der Waals surface area contributed by atoms with Crippen LogP contribution in [0.1, 0.15) is 53.5 Å². The molecular weight excluding hydrogens is 522 g/mol. The van der Waals surface area contributed by atoms with Gasteiger partial charge in [-0.1, -0.05) is 11.2 Å². The number of likely N-dealkylation sites (N-methyl/N-ethyl adjacent to an activating group) is 1. The lowest BCUT2D eigenvalue weighted by Crippen LogP contribution is -2.49. The number of fused-ring (bicyclic) bond motifs is 1. The average molecular weight is 560 g/mol. The Labute approximate surface area is 238 Å². The number of hydrogen-bond acceptors (Lipinski definition) is 10. The van der Waals surface area contributed by atoms with Gasteiger partial charge in [0, 0.05) is 37.8 Å². The van der Waals surface area contributed by atoms with Crippen LogP contribution in [0.2, 0.25) is 0 Å². The molecule has 3 N–H and O–H groups in total. The molecule has 12 heteroatoms. The number of nitrogens with one attached hydrogen (secondary N) is 1. The number of anilines is 2. The smallest absolute Gasteiger partial charge is 0.261 e. The molecule has 1 aliphatic heterocycles. The summed E-state index contributed by atoms with van der Waals surface area (Å²) >= 11 is 0. The Hall–Kier alpha value is -4.03. The third-order valence-electron chi connectivity index (χ3n) is 8.57. The predicted octanol–water partition coefficient (Wildman–Crippen LogP) is 3.67. The minimum atomic E-state index is -0.313. The van der Waals surface area contributed by atoms with Gasteiger partial charge in [-0.2, -0.15) is 5.10 Å². The van der Waals surface area contributed by atoms with E-state index in [2.05, 4.69) is 37.3 Å². The third kappa shape index (κ3) is 5.13. The van der Waals surface area contributed by atoms with Gasteiger partial charge in [-0.15, -0.1) is 0 Å². The molecule has 0 spiro atoms. The van der Waals surface area contributed by atoms with Crippen LogP contribution in [0.3, 0.4) is 0 Å². The number of amides is 1. The second-order valence-electron chi connectivity index (χ2n) is 11.1. The van der Waals surface area contributed by atoms with Crippen LogP contribution in [0.4, 0.5) is 11.5 Å². The van der Waals surface area contributed by atoms with Crippen LogP contribution >= 0.6 is 0 Å². The van der Waals surface area contributed by atoms with E-state index in [4.69, 9.17) is 20.1 Å². The highest BCUT2D eigenvalue weighted by atomic mass is 16.5. The third-order valence-corrected chi connectivity index (χ3v) is 8.57. The average Bonchev–Trinajstić information content (AvgIpc) is 3.54. The fourth-order valence-electron chi connectivity index (χ4n) is 6.24. The Bertz CT molecular complexity index is 1540. The number of piperazine rings is 1. The van der Waals surface area contributed by atoms with Crippen molar-refractivity contribution in [3.8, 4) is 17.0 Å². The van der Waals surface area contributed by atoms with Gasteiger partial charge >= 0.3 is 0 Å². The molecule has 0 bridgehead atoms. The predicted molar refractivity (Wildman–Crippen MR) is 156 cm³/mol. The van der Waals surface area contributed by atoms with Crippen LogP contribution in [-0.4, -0.2) is 87.0 Å². The van der Waals surface area contributed by atoms with Crippen molar-refractivity contribution >= 4 is 28.4 Å². The number of ether oxygens (including phenoxy) is 1. The van der Waals surface area contributed by atoms with Gasteiger partial charge in [-0.25, -0.2) is 14.6 Å². The number of nitrogen functional groups attached to an aromatic ring is 1. The normalized spacial score (nSPS) is 20.4. The molecule has 216 valence electrons. The van der Waals surface area contributed by atoms with Crippen molar-refractivity contribution in [3.05, 3.63) is 41.5 Å². The Kier molecular flexibility index (Phi) is 7.35. The molecule has 0 radical (unpaired) electrons.